The minimum atomic E-state index is -1.64. The summed E-state index contributed by atoms with van der Waals surface area (Å²) >= 11 is 0. The molecule has 0 aromatic heterocycles. The van der Waals surface area contributed by atoms with Crippen LogP contribution in [0.2, 0.25) is 0 Å². The Morgan fingerprint density at radius 2 is 1.79 bits per heavy atom. The predicted molar refractivity (Wildman–Crippen MR) is 103 cm³/mol. The van der Waals surface area contributed by atoms with E-state index in [1.807, 2.05) is 49.4 Å². The highest BCUT2D eigenvalue weighted by molar-refractivity contribution is 5.35. The highest BCUT2D eigenvalue weighted by Crippen LogP contribution is 2.49. The molecule has 4 N–H and O–H groups in total. The van der Waals surface area contributed by atoms with Crippen LogP contribution in [0.5, 0.6) is 5.75 Å². The van der Waals surface area contributed by atoms with Crippen LogP contribution < -0.4 is 4.74 Å². The SMILES string of the molecule is CCOc1ccc(Cc2cccc([C@]34OC[C@](CO)(O3)[C@@H](O)[C@H](O)[C@H]4O)c2)cc1. The van der Waals surface area contributed by atoms with Crippen LogP contribution in [0.25, 0.3) is 0 Å². The van der Waals surface area contributed by atoms with E-state index in [2.05, 4.69) is 0 Å². The molecule has 156 valence electrons. The molecular weight excluding hydrogens is 376 g/mol. The molecule has 5 atom stereocenters. The van der Waals surface area contributed by atoms with Crippen molar-refractivity contribution >= 4 is 0 Å². The fourth-order valence-electron chi connectivity index (χ4n) is 4.08. The predicted octanol–water partition coefficient (Wildman–Crippen LogP) is 0.703. The van der Waals surface area contributed by atoms with Crippen LogP contribution in [-0.4, -0.2) is 64.2 Å². The van der Waals surface area contributed by atoms with Crippen molar-refractivity contribution in [3.05, 3.63) is 65.2 Å². The van der Waals surface area contributed by atoms with Crippen molar-refractivity contribution in [3.63, 3.8) is 0 Å². The van der Waals surface area contributed by atoms with Crippen LogP contribution in [0.4, 0.5) is 0 Å². The molecule has 2 saturated heterocycles. The summed E-state index contributed by atoms with van der Waals surface area (Å²) in [4.78, 5) is 0. The van der Waals surface area contributed by atoms with Crippen LogP contribution in [-0.2, 0) is 21.7 Å². The van der Waals surface area contributed by atoms with Gasteiger partial charge in [0.2, 0.25) is 5.79 Å². The van der Waals surface area contributed by atoms with E-state index in [0.29, 0.717) is 18.6 Å². The number of fused-ring (bicyclic) bond motifs is 2. The van der Waals surface area contributed by atoms with Gasteiger partial charge in [-0.1, -0.05) is 30.3 Å². The summed E-state index contributed by atoms with van der Waals surface area (Å²) in [7, 11) is 0. The van der Waals surface area contributed by atoms with Gasteiger partial charge in [-0.2, -0.15) is 0 Å². The van der Waals surface area contributed by atoms with Crippen molar-refractivity contribution in [3.8, 4) is 5.75 Å². The molecule has 7 nitrogen and oxygen atoms in total. The number of ether oxygens (including phenoxy) is 3. The van der Waals surface area contributed by atoms with Gasteiger partial charge in [0.15, 0.2) is 0 Å². The van der Waals surface area contributed by atoms with Gasteiger partial charge in [-0.3, -0.25) is 0 Å². The summed E-state index contributed by atoms with van der Waals surface area (Å²) in [6, 6.07) is 15.2. The lowest BCUT2D eigenvalue weighted by Crippen LogP contribution is -2.65. The third-order valence-corrected chi connectivity index (χ3v) is 5.70. The van der Waals surface area contributed by atoms with Crippen molar-refractivity contribution in [2.75, 3.05) is 19.8 Å². The first-order valence-corrected chi connectivity index (χ1v) is 9.74. The zero-order valence-electron chi connectivity index (χ0n) is 16.2. The maximum Gasteiger partial charge on any atom is 0.225 e. The highest BCUT2D eigenvalue weighted by Gasteiger charge is 2.67. The fourth-order valence-corrected chi connectivity index (χ4v) is 4.08. The zero-order valence-corrected chi connectivity index (χ0v) is 16.2. The molecule has 0 amide bonds. The van der Waals surface area contributed by atoms with Crippen molar-refractivity contribution < 1.29 is 34.6 Å². The standard InChI is InChI=1S/C22H26O7/c1-2-27-17-8-6-14(7-9-17)10-15-4-3-5-16(11-15)22-20(26)18(24)19(25)21(12-23,29-22)13-28-22/h3-9,11,18-20,23-26H,2,10,12-13H2,1H3/t18-,19-,20+,21-,22-/m0/s1. The van der Waals surface area contributed by atoms with Crippen LogP contribution in [0.3, 0.4) is 0 Å². The Kier molecular flexibility index (Phi) is 5.37. The summed E-state index contributed by atoms with van der Waals surface area (Å²) in [6.45, 7) is 1.88. The van der Waals surface area contributed by atoms with Crippen LogP contribution in [0.15, 0.2) is 48.5 Å². The summed E-state index contributed by atoms with van der Waals surface area (Å²) in [6.07, 6.45) is -3.82. The monoisotopic (exact) mass is 402 g/mol. The molecule has 0 spiro atoms. The lowest BCUT2D eigenvalue weighted by atomic mass is 9.83. The minimum absolute atomic E-state index is 0.137. The quantitative estimate of drug-likeness (QED) is 0.563. The normalized spacial score (nSPS) is 33.6. The molecule has 0 saturated carbocycles. The van der Waals surface area contributed by atoms with E-state index in [0.717, 1.165) is 16.9 Å². The summed E-state index contributed by atoms with van der Waals surface area (Å²) in [5.41, 5.74) is 1.10. The van der Waals surface area contributed by atoms with E-state index in [-0.39, 0.29) is 6.61 Å². The van der Waals surface area contributed by atoms with Crippen molar-refractivity contribution in [1.29, 1.82) is 0 Å². The van der Waals surface area contributed by atoms with Crippen molar-refractivity contribution in [2.45, 2.75) is 43.0 Å². The zero-order chi connectivity index (χ0) is 20.6. The molecule has 2 aromatic carbocycles. The molecule has 2 bridgehead atoms. The average molecular weight is 402 g/mol. The number of rotatable bonds is 6. The third-order valence-electron chi connectivity index (χ3n) is 5.70. The molecule has 2 fully saturated rings. The molecule has 2 aliphatic heterocycles. The number of benzene rings is 2. The van der Waals surface area contributed by atoms with E-state index in [1.54, 1.807) is 6.07 Å². The maximum atomic E-state index is 10.7. The van der Waals surface area contributed by atoms with Crippen LogP contribution >= 0.6 is 0 Å². The Morgan fingerprint density at radius 1 is 1.03 bits per heavy atom. The van der Waals surface area contributed by atoms with E-state index in [9.17, 15) is 20.4 Å². The van der Waals surface area contributed by atoms with E-state index in [4.69, 9.17) is 14.2 Å². The van der Waals surface area contributed by atoms with Gasteiger partial charge >= 0.3 is 0 Å². The van der Waals surface area contributed by atoms with Gasteiger partial charge in [0.05, 0.1) is 19.8 Å². The molecule has 29 heavy (non-hydrogen) atoms. The number of hydrogen-bond donors (Lipinski definition) is 4. The first kappa shape index (κ1) is 20.3. The van der Waals surface area contributed by atoms with Gasteiger partial charge in [-0.05, 0) is 42.7 Å². The Hall–Kier alpha value is -2.00. The molecule has 7 heteroatoms. The molecule has 0 aliphatic carbocycles. The van der Waals surface area contributed by atoms with Gasteiger partial charge in [-0.25, -0.2) is 0 Å². The summed E-state index contributed by atoms with van der Waals surface area (Å²) in [5, 5.41) is 41.0. The van der Waals surface area contributed by atoms with Crippen LogP contribution in [0, 0.1) is 0 Å². The molecule has 4 rings (SSSR count). The van der Waals surface area contributed by atoms with Gasteiger partial charge < -0.3 is 34.6 Å². The molecular formula is C22H26O7. The third kappa shape index (κ3) is 3.34. The molecule has 0 unspecified atom stereocenters. The lowest BCUT2D eigenvalue weighted by molar-refractivity contribution is -0.329. The molecule has 0 radical (unpaired) electrons. The number of hydrogen-bond acceptors (Lipinski definition) is 7. The largest absolute Gasteiger partial charge is 0.494 e. The lowest BCUT2D eigenvalue weighted by Gasteiger charge is -2.45. The first-order chi connectivity index (χ1) is 13.9. The van der Waals surface area contributed by atoms with Gasteiger partial charge in [0, 0.05) is 5.56 Å². The van der Waals surface area contributed by atoms with Crippen LogP contribution in [0.1, 0.15) is 23.6 Å². The average Bonchev–Trinajstić information content (AvgIpc) is 3.13. The molecule has 2 heterocycles. The van der Waals surface area contributed by atoms with Gasteiger partial charge in [0.1, 0.15) is 29.7 Å². The molecule has 2 aliphatic rings. The van der Waals surface area contributed by atoms with E-state index in [1.165, 1.54) is 0 Å². The first-order valence-electron chi connectivity index (χ1n) is 9.74. The number of aliphatic hydroxyl groups is 4. The minimum Gasteiger partial charge on any atom is -0.494 e. The Bertz CT molecular complexity index is 854. The fraction of sp³-hybridized carbons (Fsp3) is 0.455. The van der Waals surface area contributed by atoms with Gasteiger partial charge in [0.25, 0.3) is 0 Å². The topological polar surface area (TPSA) is 109 Å². The maximum absolute atomic E-state index is 10.7. The second kappa shape index (κ2) is 7.68. The van der Waals surface area contributed by atoms with E-state index >= 15 is 0 Å². The molecule has 2 aromatic rings. The van der Waals surface area contributed by atoms with Crippen molar-refractivity contribution in [2.24, 2.45) is 0 Å². The second-order valence-electron chi connectivity index (χ2n) is 7.62. The van der Waals surface area contributed by atoms with E-state index < -0.39 is 36.3 Å². The second-order valence-corrected chi connectivity index (χ2v) is 7.62. The Balaban J connectivity index is 1.61. The smallest absolute Gasteiger partial charge is 0.225 e. The van der Waals surface area contributed by atoms with Crippen molar-refractivity contribution in [1.82, 2.24) is 0 Å². The summed E-state index contributed by atoms with van der Waals surface area (Å²) < 4.78 is 17.1. The Morgan fingerprint density at radius 3 is 2.48 bits per heavy atom. The number of aliphatic hydroxyl groups excluding tert-OH is 4. The Labute approximate surface area is 169 Å². The highest BCUT2D eigenvalue weighted by atomic mass is 16.8. The summed E-state index contributed by atoms with van der Waals surface area (Å²) in [5.74, 6) is -0.828. The van der Waals surface area contributed by atoms with Gasteiger partial charge in [-0.15, -0.1) is 0 Å².